The summed E-state index contributed by atoms with van der Waals surface area (Å²) in [6.45, 7) is 4.71. The Hall–Kier alpha value is -4.50. The number of amides is 2. The van der Waals surface area contributed by atoms with Crippen LogP contribution in [0.5, 0.6) is 0 Å². The molecule has 0 aliphatic heterocycles. The molecule has 2 amide bonds. The van der Waals surface area contributed by atoms with Crippen molar-refractivity contribution in [2.75, 3.05) is 10.8 Å². The van der Waals surface area contributed by atoms with Crippen LogP contribution >= 0.6 is 0 Å². The van der Waals surface area contributed by atoms with Crippen molar-refractivity contribution in [1.82, 2.24) is 10.2 Å². The summed E-state index contributed by atoms with van der Waals surface area (Å²) in [5.41, 5.74) is 2.11. The minimum absolute atomic E-state index is 0.0257. The Morgan fingerprint density at radius 1 is 0.795 bits per heavy atom. The minimum atomic E-state index is -4.21. The summed E-state index contributed by atoms with van der Waals surface area (Å²) >= 11 is 0. The Labute approximate surface area is 259 Å². The molecule has 0 bridgehead atoms. The molecule has 4 aromatic carbocycles. The molecule has 0 aliphatic rings. The number of para-hydroxylation sites is 1. The largest absolute Gasteiger partial charge is 0.352 e. The quantitative estimate of drug-likeness (QED) is 0.208. The van der Waals surface area contributed by atoms with E-state index in [4.69, 9.17) is 0 Å². The molecule has 0 unspecified atom stereocenters. The normalized spacial score (nSPS) is 12.0. The molecule has 230 valence electrons. The molecule has 4 aromatic rings. The number of halogens is 1. The summed E-state index contributed by atoms with van der Waals surface area (Å²) in [5, 5.41) is 2.90. The predicted octanol–water partition coefficient (Wildman–Crippen LogP) is 5.75. The number of carbonyl (C=O) groups is 2. The fraction of sp³-hybridized carbons (Fsp3) is 0.257. The van der Waals surface area contributed by atoms with Gasteiger partial charge in [0.05, 0.1) is 10.6 Å². The van der Waals surface area contributed by atoms with Gasteiger partial charge in [-0.05, 0) is 55.7 Å². The minimum Gasteiger partial charge on any atom is -0.352 e. The number of rotatable bonds is 13. The van der Waals surface area contributed by atoms with Crippen LogP contribution in [0.25, 0.3) is 0 Å². The van der Waals surface area contributed by atoms with E-state index in [0.717, 1.165) is 15.4 Å². The maximum absolute atomic E-state index is 15.0. The number of hydrogen-bond donors (Lipinski definition) is 1. The smallest absolute Gasteiger partial charge is 0.264 e. The first kappa shape index (κ1) is 32.4. The van der Waals surface area contributed by atoms with Gasteiger partial charge in [-0.25, -0.2) is 12.8 Å². The number of nitrogens with zero attached hydrogens (tertiary/aromatic N) is 2. The van der Waals surface area contributed by atoms with Gasteiger partial charge < -0.3 is 10.2 Å². The molecule has 0 spiro atoms. The topological polar surface area (TPSA) is 86.8 Å². The fourth-order valence-corrected chi connectivity index (χ4v) is 6.50. The monoisotopic (exact) mass is 615 g/mol. The van der Waals surface area contributed by atoms with Crippen LogP contribution in [0.3, 0.4) is 0 Å². The highest BCUT2D eigenvalue weighted by atomic mass is 32.2. The highest BCUT2D eigenvalue weighted by Gasteiger charge is 2.35. The maximum Gasteiger partial charge on any atom is 0.264 e. The number of hydrogen-bond acceptors (Lipinski definition) is 4. The third kappa shape index (κ3) is 7.90. The summed E-state index contributed by atoms with van der Waals surface area (Å²) in [4.78, 5) is 29.5. The molecule has 0 saturated carbocycles. The molecular weight excluding hydrogens is 577 g/mol. The molecule has 0 fully saturated rings. The molecule has 0 aromatic heterocycles. The van der Waals surface area contributed by atoms with Crippen molar-refractivity contribution < 1.29 is 22.4 Å². The Bertz CT molecular complexity index is 1660. The van der Waals surface area contributed by atoms with Crippen LogP contribution in [0.15, 0.2) is 114 Å². The summed E-state index contributed by atoms with van der Waals surface area (Å²) in [6.07, 6.45) is 0.675. The molecule has 1 N–H and O–H groups in total. The van der Waals surface area contributed by atoms with Crippen LogP contribution in [0.4, 0.5) is 10.1 Å². The second kappa shape index (κ2) is 14.8. The lowest BCUT2D eigenvalue weighted by atomic mass is 10.0. The van der Waals surface area contributed by atoms with Gasteiger partial charge in [-0.3, -0.25) is 13.9 Å². The van der Waals surface area contributed by atoms with E-state index in [1.54, 1.807) is 48.5 Å². The van der Waals surface area contributed by atoms with Crippen LogP contribution in [-0.2, 0) is 39.0 Å². The lowest BCUT2D eigenvalue weighted by molar-refractivity contribution is -0.140. The number of carbonyl (C=O) groups excluding carboxylic acids is 2. The average molecular weight is 616 g/mol. The van der Waals surface area contributed by atoms with E-state index in [9.17, 15) is 18.0 Å². The highest BCUT2D eigenvalue weighted by Crippen LogP contribution is 2.28. The third-order valence-electron chi connectivity index (χ3n) is 7.25. The molecule has 0 radical (unpaired) electrons. The summed E-state index contributed by atoms with van der Waals surface area (Å²) in [5.74, 6) is -1.59. The van der Waals surface area contributed by atoms with Crippen LogP contribution < -0.4 is 9.62 Å². The maximum atomic E-state index is 15.0. The summed E-state index contributed by atoms with van der Waals surface area (Å²) in [7, 11) is -4.21. The van der Waals surface area contributed by atoms with Crippen molar-refractivity contribution in [1.29, 1.82) is 0 Å². The Morgan fingerprint density at radius 3 is 1.98 bits per heavy atom. The molecular formula is C35H38FN3O4S. The van der Waals surface area contributed by atoms with Gasteiger partial charge in [0, 0.05) is 24.6 Å². The number of sulfonamides is 1. The number of benzene rings is 4. The van der Waals surface area contributed by atoms with Crippen LogP contribution in [-0.4, -0.2) is 43.8 Å². The van der Waals surface area contributed by atoms with Crippen LogP contribution in [0.2, 0.25) is 0 Å². The van der Waals surface area contributed by atoms with Crippen LogP contribution in [0, 0.1) is 5.82 Å². The van der Waals surface area contributed by atoms with Gasteiger partial charge in [-0.15, -0.1) is 0 Å². The van der Waals surface area contributed by atoms with Crippen molar-refractivity contribution in [2.24, 2.45) is 0 Å². The number of aryl methyl sites for hydroxylation is 1. The van der Waals surface area contributed by atoms with Gasteiger partial charge in [0.2, 0.25) is 11.8 Å². The highest BCUT2D eigenvalue weighted by molar-refractivity contribution is 7.92. The van der Waals surface area contributed by atoms with Gasteiger partial charge in [0.1, 0.15) is 18.4 Å². The lowest BCUT2D eigenvalue weighted by Gasteiger charge is -2.34. The first-order valence-electron chi connectivity index (χ1n) is 14.6. The van der Waals surface area contributed by atoms with E-state index in [0.29, 0.717) is 12.1 Å². The average Bonchev–Trinajstić information content (AvgIpc) is 3.02. The van der Waals surface area contributed by atoms with E-state index in [2.05, 4.69) is 5.32 Å². The number of anilines is 1. The Morgan fingerprint density at radius 2 is 1.36 bits per heavy atom. The van der Waals surface area contributed by atoms with Crippen LogP contribution in [0.1, 0.15) is 37.5 Å². The van der Waals surface area contributed by atoms with Gasteiger partial charge >= 0.3 is 0 Å². The van der Waals surface area contributed by atoms with Gasteiger partial charge in [0.15, 0.2) is 0 Å². The van der Waals surface area contributed by atoms with E-state index < -0.39 is 40.2 Å². The first-order chi connectivity index (χ1) is 21.1. The lowest BCUT2D eigenvalue weighted by Crippen LogP contribution is -2.54. The summed E-state index contributed by atoms with van der Waals surface area (Å²) in [6, 6.07) is 29.0. The van der Waals surface area contributed by atoms with Crippen molar-refractivity contribution in [3.8, 4) is 0 Å². The first-order valence-corrected chi connectivity index (χ1v) is 16.1. The molecule has 0 heterocycles. The van der Waals surface area contributed by atoms with E-state index >= 15 is 4.39 Å². The van der Waals surface area contributed by atoms with E-state index in [1.807, 2.05) is 63.2 Å². The van der Waals surface area contributed by atoms with Gasteiger partial charge in [-0.1, -0.05) is 91.9 Å². The molecule has 0 aliphatic carbocycles. The summed E-state index contributed by atoms with van der Waals surface area (Å²) < 4.78 is 44.4. The van der Waals surface area contributed by atoms with Crippen molar-refractivity contribution in [3.05, 3.63) is 132 Å². The zero-order valence-corrected chi connectivity index (χ0v) is 26.0. The zero-order chi connectivity index (χ0) is 31.7. The molecule has 44 heavy (non-hydrogen) atoms. The predicted molar refractivity (Wildman–Crippen MR) is 171 cm³/mol. The molecule has 9 heteroatoms. The van der Waals surface area contributed by atoms with Gasteiger partial charge in [-0.2, -0.15) is 0 Å². The molecule has 4 rings (SSSR count). The van der Waals surface area contributed by atoms with Gasteiger partial charge in [0.25, 0.3) is 10.0 Å². The second-order valence-corrected chi connectivity index (χ2v) is 12.7. The van der Waals surface area contributed by atoms with E-state index in [-0.39, 0.29) is 29.5 Å². The Balaban J connectivity index is 1.83. The molecule has 0 saturated heterocycles. The number of nitrogens with one attached hydrogen (secondary N) is 1. The molecule has 1 atom stereocenters. The molecule has 7 nitrogen and oxygen atoms in total. The third-order valence-corrected chi connectivity index (χ3v) is 9.03. The SMILES string of the molecule is CCc1ccccc1N(CC(=O)N(Cc1ccccc1F)[C@@H](Cc1ccccc1)C(=O)NC(C)C)S(=O)(=O)c1ccccc1. The zero-order valence-electron chi connectivity index (χ0n) is 25.2. The van der Waals surface area contributed by atoms with Crippen molar-refractivity contribution in [2.45, 2.75) is 57.1 Å². The van der Waals surface area contributed by atoms with Crippen molar-refractivity contribution >= 4 is 27.5 Å². The van der Waals surface area contributed by atoms with E-state index in [1.165, 1.54) is 23.1 Å². The van der Waals surface area contributed by atoms with Crippen molar-refractivity contribution in [3.63, 3.8) is 0 Å². The second-order valence-electron chi connectivity index (χ2n) is 10.8. The Kier molecular flexibility index (Phi) is 10.9. The fourth-order valence-electron chi connectivity index (χ4n) is 5.03. The standard InChI is InChI=1S/C35H38FN3O4S/c1-4-28-17-12-14-22-32(28)39(44(42,43)30-19-9-6-10-20-30)25-34(40)38(24-29-18-11-13-21-31(29)36)33(35(41)37-26(2)3)23-27-15-7-5-8-16-27/h5-22,26,33H,4,23-25H2,1-3H3,(H,37,41)/t33-/m0/s1.